The minimum atomic E-state index is -0.420. The van der Waals surface area contributed by atoms with Crippen LogP contribution >= 0.6 is 0 Å². The average molecular weight is 191 g/mol. The fourth-order valence-corrected chi connectivity index (χ4v) is 1.27. The third kappa shape index (κ3) is 1.80. The predicted molar refractivity (Wildman–Crippen MR) is 50.5 cm³/mol. The van der Waals surface area contributed by atoms with E-state index in [2.05, 4.69) is 0 Å². The summed E-state index contributed by atoms with van der Waals surface area (Å²) in [5.74, 6) is -0.709. The number of Topliss-reactive ketones (excluding diaryl/α,β-unsaturated/α-hetero) is 1. The molecular weight excluding hydrogens is 181 g/mol. The normalized spacial score (nSPS) is 9.57. The Morgan fingerprint density at radius 1 is 1.57 bits per heavy atom. The number of halogens is 1. The van der Waals surface area contributed by atoms with E-state index in [0.717, 1.165) is 6.07 Å². The van der Waals surface area contributed by atoms with Gasteiger partial charge in [0.05, 0.1) is 11.6 Å². The van der Waals surface area contributed by atoms with E-state index in [9.17, 15) is 9.18 Å². The van der Waals surface area contributed by atoms with Crippen molar-refractivity contribution in [3.63, 3.8) is 0 Å². The van der Waals surface area contributed by atoms with Crippen molar-refractivity contribution in [2.75, 3.05) is 0 Å². The standard InChI is InChI=1S/C11H10FNO/c1-3-8-4-9(6-13)10(7(2)14)5-11(8)12/h4-5H,3H2,1-2H3. The Hall–Kier alpha value is -1.69. The van der Waals surface area contributed by atoms with Crippen LogP contribution in [0.15, 0.2) is 12.1 Å². The van der Waals surface area contributed by atoms with Crippen molar-refractivity contribution >= 4 is 5.78 Å². The van der Waals surface area contributed by atoms with E-state index < -0.39 is 5.82 Å². The highest BCUT2D eigenvalue weighted by molar-refractivity contribution is 5.96. The van der Waals surface area contributed by atoms with Gasteiger partial charge in [0.25, 0.3) is 0 Å². The molecule has 0 unspecified atom stereocenters. The van der Waals surface area contributed by atoms with Crippen LogP contribution in [0.4, 0.5) is 4.39 Å². The molecule has 72 valence electrons. The molecule has 0 aliphatic carbocycles. The third-order valence-electron chi connectivity index (χ3n) is 2.07. The molecule has 0 saturated carbocycles. The molecule has 0 aromatic heterocycles. The van der Waals surface area contributed by atoms with Crippen molar-refractivity contribution in [1.82, 2.24) is 0 Å². The molecule has 0 spiro atoms. The molecule has 0 bridgehead atoms. The molecule has 0 saturated heterocycles. The van der Waals surface area contributed by atoms with E-state index in [1.54, 1.807) is 6.92 Å². The molecular formula is C11H10FNO. The number of nitriles is 1. The van der Waals surface area contributed by atoms with Gasteiger partial charge in [-0.25, -0.2) is 4.39 Å². The van der Waals surface area contributed by atoms with Gasteiger partial charge in [-0.2, -0.15) is 5.26 Å². The number of aryl methyl sites for hydroxylation is 1. The summed E-state index contributed by atoms with van der Waals surface area (Å²) >= 11 is 0. The quantitative estimate of drug-likeness (QED) is 0.674. The zero-order valence-corrected chi connectivity index (χ0v) is 8.10. The molecule has 0 N–H and O–H groups in total. The van der Waals surface area contributed by atoms with Crippen LogP contribution in [0, 0.1) is 17.1 Å². The zero-order valence-electron chi connectivity index (χ0n) is 8.10. The summed E-state index contributed by atoms with van der Waals surface area (Å²) in [4.78, 5) is 11.1. The second-order valence-electron chi connectivity index (χ2n) is 3.01. The summed E-state index contributed by atoms with van der Waals surface area (Å²) in [6.45, 7) is 3.12. The molecule has 0 fully saturated rings. The average Bonchev–Trinajstić information content (AvgIpc) is 2.17. The molecule has 0 aliphatic rings. The number of carbonyl (C=O) groups excluding carboxylic acids is 1. The fraction of sp³-hybridized carbons (Fsp3) is 0.273. The van der Waals surface area contributed by atoms with Crippen LogP contribution in [0.2, 0.25) is 0 Å². The van der Waals surface area contributed by atoms with Crippen LogP contribution in [0.5, 0.6) is 0 Å². The maximum atomic E-state index is 13.3. The number of nitrogens with zero attached hydrogens (tertiary/aromatic N) is 1. The first-order valence-electron chi connectivity index (χ1n) is 4.33. The number of hydrogen-bond acceptors (Lipinski definition) is 2. The van der Waals surface area contributed by atoms with Crippen molar-refractivity contribution in [3.8, 4) is 6.07 Å². The zero-order chi connectivity index (χ0) is 10.7. The van der Waals surface area contributed by atoms with Crippen molar-refractivity contribution in [3.05, 3.63) is 34.6 Å². The van der Waals surface area contributed by atoms with Gasteiger partial charge in [-0.1, -0.05) is 6.92 Å². The number of ketones is 1. The summed E-state index contributed by atoms with van der Waals surface area (Å²) < 4.78 is 13.3. The van der Waals surface area contributed by atoms with Gasteiger partial charge in [-0.05, 0) is 31.0 Å². The third-order valence-corrected chi connectivity index (χ3v) is 2.07. The van der Waals surface area contributed by atoms with Crippen molar-refractivity contribution in [2.24, 2.45) is 0 Å². The topological polar surface area (TPSA) is 40.9 Å². The number of benzene rings is 1. The van der Waals surface area contributed by atoms with Gasteiger partial charge < -0.3 is 0 Å². The molecule has 1 rings (SSSR count). The summed E-state index contributed by atoms with van der Waals surface area (Å²) in [6, 6.07) is 4.47. The molecule has 0 heterocycles. The van der Waals surface area contributed by atoms with Gasteiger partial charge in [0.15, 0.2) is 5.78 Å². The lowest BCUT2D eigenvalue weighted by Crippen LogP contribution is -2.00. The van der Waals surface area contributed by atoms with Gasteiger partial charge in [0.2, 0.25) is 0 Å². The summed E-state index contributed by atoms with van der Waals surface area (Å²) in [5, 5.41) is 8.75. The van der Waals surface area contributed by atoms with Gasteiger partial charge in [0, 0.05) is 5.56 Å². The molecule has 0 atom stereocenters. The Morgan fingerprint density at radius 3 is 2.64 bits per heavy atom. The fourth-order valence-electron chi connectivity index (χ4n) is 1.27. The van der Waals surface area contributed by atoms with Crippen LogP contribution in [0.1, 0.15) is 35.3 Å². The maximum absolute atomic E-state index is 13.3. The number of hydrogen-bond donors (Lipinski definition) is 0. The minimum absolute atomic E-state index is 0.155. The molecule has 14 heavy (non-hydrogen) atoms. The Kier molecular flexibility index (Phi) is 2.98. The second-order valence-corrected chi connectivity index (χ2v) is 3.01. The Bertz CT molecular complexity index is 418. The highest BCUT2D eigenvalue weighted by Gasteiger charge is 2.11. The van der Waals surface area contributed by atoms with Crippen LogP contribution < -0.4 is 0 Å². The Balaban J connectivity index is 3.41. The van der Waals surface area contributed by atoms with Gasteiger partial charge in [-0.3, -0.25) is 4.79 Å². The van der Waals surface area contributed by atoms with E-state index in [0.29, 0.717) is 12.0 Å². The first-order chi connectivity index (χ1) is 6.60. The van der Waals surface area contributed by atoms with Crippen molar-refractivity contribution < 1.29 is 9.18 Å². The smallest absolute Gasteiger partial charge is 0.161 e. The highest BCUT2D eigenvalue weighted by Crippen LogP contribution is 2.16. The van der Waals surface area contributed by atoms with Gasteiger partial charge in [0.1, 0.15) is 5.82 Å². The lowest BCUT2D eigenvalue weighted by Gasteiger charge is -2.04. The first-order valence-corrected chi connectivity index (χ1v) is 4.33. The predicted octanol–water partition coefficient (Wildman–Crippen LogP) is 2.46. The summed E-state index contributed by atoms with van der Waals surface area (Å²) in [5.41, 5.74) is 0.865. The van der Waals surface area contributed by atoms with E-state index in [1.807, 2.05) is 6.07 Å². The summed E-state index contributed by atoms with van der Waals surface area (Å²) in [6.07, 6.45) is 0.513. The SMILES string of the molecule is CCc1cc(C#N)c(C(C)=O)cc1F. The largest absolute Gasteiger partial charge is 0.294 e. The molecule has 3 heteroatoms. The molecule has 1 aromatic rings. The van der Waals surface area contributed by atoms with Crippen LogP contribution in [0.3, 0.4) is 0 Å². The highest BCUT2D eigenvalue weighted by atomic mass is 19.1. The molecule has 0 radical (unpaired) electrons. The molecule has 1 aromatic carbocycles. The first kappa shape index (κ1) is 10.4. The lowest BCUT2D eigenvalue weighted by molar-refractivity contribution is 0.101. The number of rotatable bonds is 2. The summed E-state index contributed by atoms with van der Waals surface area (Å²) in [7, 11) is 0. The van der Waals surface area contributed by atoms with E-state index in [4.69, 9.17) is 5.26 Å². The van der Waals surface area contributed by atoms with Crippen LogP contribution in [-0.4, -0.2) is 5.78 Å². The second kappa shape index (κ2) is 4.01. The Morgan fingerprint density at radius 2 is 2.21 bits per heavy atom. The van der Waals surface area contributed by atoms with Crippen molar-refractivity contribution in [2.45, 2.75) is 20.3 Å². The van der Waals surface area contributed by atoms with Gasteiger partial charge >= 0.3 is 0 Å². The monoisotopic (exact) mass is 191 g/mol. The minimum Gasteiger partial charge on any atom is -0.294 e. The van der Waals surface area contributed by atoms with E-state index in [1.165, 1.54) is 13.0 Å². The molecule has 0 amide bonds. The van der Waals surface area contributed by atoms with Crippen molar-refractivity contribution in [1.29, 1.82) is 5.26 Å². The molecule has 0 aliphatic heterocycles. The van der Waals surface area contributed by atoms with E-state index >= 15 is 0 Å². The lowest BCUT2D eigenvalue weighted by atomic mass is 10.0. The molecule has 2 nitrogen and oxygen atoms in total. The van der Waals surface area contributed by atoms with E-state index in [-0.39, 0.29) is 16.9 Å². The number of carbonyl (C=O) groups is 1. The maximum Gasteiger partial charge on any atom is 0.161 e. The van der Waals surface area contributed by atoms with Crippen LogP contribution in [-0.2, 0) is 6.42 Å². The van der Waals surface area contributed by atoms with Gasteiger partial charge in [-0.15, -0.1) is 0 Å². The Labute approximate surface area is 82.0 Å². The van der Waals surface area contributed by atoms with Crippen LogP contribution in [0.25, 0.3) is 0 Å².